The average Bonchev–Trinajstić information content (AvgIpc) is 3.14. The van der Waals surface area contributed by atoms with Crippen molar-refractivity contribution in [1.29, 1.82) is 0 Å². The van der Waals surface area contributed by atoms with Crippen LogP contribution in [0.1, 0.15) is 45.7 Å². The highest BCUT2D eigenvalue weighted by Gasteiger charge is 2.42. The van der Waals surface area contributed by atoms with Gasteiger partial charge in [-0.25, -0.2) is 9.79 Å². The highest BCUT2D eigenvalue weighted by atomic mass is 32.2. The van der Waals surface area contributed by atoms with Gasteiger partial charge in [0.15, 0.2) is 5.17 Å². The van der Waals surface area contributed by atoms with E-state index in [1.54, 1.807) is 0 Å². The van der Waals surface area contributed by atoms with Crippen LogP contribution in [0.15, 0.2) is 57.7 Å². The number of carbonyl (C=O) groups is 2. The van der Waals surface area contributed by atoms with E-state index in [4.69, 9.17) is 14.5 Å². The van der Waals surface area contributed by atoms with Crippen molar-refractivity contribution in [3.63, 3.8) is 0 Å². The number of rotatable bonds is 4. The zero-order valence-corrected chi connectivity index (χ0v) is 19.8. The Hall–Kier alpha value is -2.58. The molecule has 7 nitrogen and oxygen atoms in total. The molecule has 0 radical (unpaired) electrons. The van der Waals surface area contributed by atoms with Gasteiger partial charge in [0, 0.05) is 18.8 Å². The van der Waals surface area contributed by atoms with Gasteiger partial charge in [0.05, 0.1) is 36.9 Å². The van der Waals surface area contributed by atoms with E-state index < -0.39 is 11.6 Å². The number of carbonyl (C=O) groups excluding carboxylic acids is 2. The van der Waals surface area contributed by atoms with Gasteiger partial charge in [-0.05, 0) is 38.7 Å². The third-order valence-corrected chi connectivity index (χ3v) is 6.32. The summed E-state index contributed by atoms with van der Waals surface area (Å²) in [6, 6.07) is 9.44. The van der Waals surface area contributed by atoms with Crippen LogP contribution >= 0.6 is 11.8 Å². The number of nitrogens with zero attached hydrogens (tertiary/aromatic N) is 3. The standard InChI is InChI=1S/C24H29N3O4S/c1-16-20(22(29)31-24(2,3)4)21(17-8-6-5-7-9-17)27-18(15-32-23(27)25-16)14-19(28)26-10-12-30-13-11-26/h5-9,15,21H,10-14H2,1-4H3. The van der Waals surface area contributed by atoms with E-state index in [1.165, 1.54) is 11.8 Å². The second-order valence-electron chi connectivity index (χ2n) is 8.98. The number of morpholine rings is 1. The predicted molar refractivity (Wildman–Crippen MR) is 125 cm³/mol. The van der Waals surface area contributed by atoms with E-state index in [0.29, 0.717) is 37.6 Å². The third-order valence-electron chi connectivity index (χ3n) is 5.43. The number of allylic oxidation sites excluding steroid dienone is 1. The van der Waals surface area contributed by atoms with Gasteiger partial charge in [0.1, 0.15) is 5.60 Å². The monoisotopic (exact) mass is 455 g/mol. The fraction of sp³-hybridized carbons (Fsp3) is 0.458. The molecule has 3 heterocycles. The van der Waals surface area contributed by atoms with Crippen LogP contribution in [0.2, 0.25) is 0 Å². The van der Waals surface area contributed by atoms with Crippen molar-refractivity contribution in [3.8, 4) is 0 Å². The van der Waals surface area contributed by atoms with E-state index in [2.05, 4.69) is 0 Å². The van der Waals surface area contributed by atoms with Gasteiger partial charge >= 0.3 is 5.97 Å². The smallest absolute Gasteiger partial charge is 0.338 e. The van der Waals surface area contributed by atoms with Gasteiger partial charge in [0.2, 0.25) is 5.91 Å². The van der Waals surface area contributed by atoms with E-state index in [0.717, 1.165) is 16.4 Å². The molecule has 0 N–H and O–H groups in total. The average molecular weight is 456 g/mol. The number of hydrogen-bond donors (Lipinski definition) is 0. The van der Waals surface area contributed by atoms with Gasteiger partial charge in [-0.2, -0.15) is 0 Å². The number of esters is 1. The van der Waals surface area contributed by atoms with Gasteiger partial charge in [-0.3, -0.25) is 4.79 Å². The summed E-state index contributed by atoms with van der Waals surface area (Å²) in [6.45, 7) is 9.74. The zero-order valence-electron chi connectivity index (χ0n) is 19.0. The van der Waals surface area contributed by atoms with Gasteiger partial charge in [0.25, 0.3) is 0 Å². The quantitative estimate of drug-likeness (QED) is 0.642. The highest BCUT2D eigenvalue weighted by Crippen LogP contribution is 2.45. The van der Waals surface area contributed by atoms with E-state index >= 15 is 0 Å². The molecule has 0 aliphatic carbocycles. The topological polar surface area (TPSA) is 71.4 Å². The Bertz CT molecular complexity index is 988. The third kappa shape index (κ3) is 4.76. The summed E-state index contributed by atoms with van der Waals surface area (Å²) in [5.41, 5.74) is 2.31. The molecule has 0 bridgehead atoms. The largest absolute Gasteiger partial charge is 0.456 e. The summed E-state index contributed by atoms with van der Waals surface area (Å²) >= 11 is 1.48. The summed E-state index contributed by atoms with van der Waals surface area (Å²) in [4.78, 5) is 34.8. The number of amidine groups is 1. The van der Waals surface area contributed by atoms with Crippen LogP contribution in [-0.4, -0.2) is 58.7 Å². The molecular weight excluding hydrogens is 426 g/mol. The van der Waals surface area contributed by atoms with Crippen LogP contribution in [0.3, 0.4) is 0 Å². The molecule has 0 spiro atoms. The molecule has 1 saturated heterocycles. The van der Waals surface area contributed by atoms with Crippen molar-refractivity contribution in [2.24, 2.45) is 4.99 Å². The molecule has 3 aliphatic rings. The summed E-state index contributed by atoms with van der Waals surface area (Å²) in [5.74, 6) is -0.333. The lowest BCUT2D eigenvalue weighted by molar-refractivity contribution is -0.150. The molecule has 1 amide bonds. The Balaban J connectivity index is 1.68. The first-order valence-corrected chi connectivity index (χ1v) is 11.7. The maximum absolute atomic E-state index is 13.3. The molecule has 4 rings (SSSR count). The van der Waals surface area contributed by atoms with Crippen LogP contribution in [0, 0.1) is 0 Å². The number of aliphatic imine (C=N–C) groups is 1. The summed E-state index contributed by atoms with van der Waals surface area (Å²) in [7, 11) is 0. The molecule has 8 heteroatoms. The van der Waals surface area contributed by atoms with Crippen molar-refractivity contribution in [2.75, 3.05) is 26.3 Å². The number of ether oxygens (including phenoxy) is 2. The van der Waals surface area contributed by atoms with E-state index in [-0.39, 0.29) is 18.3 Å². The summed E-state index contributed by atoms with van der Waals surface area (Å²) in [5, 5.41) is 2.74. The summed E-state index contributed by atoms with van der Waals surface area (Å²) in [6.07, 6.45) is 0.246. The second-order valence-corrected chi connectivity index (χ2v) is 9.81. The number of amides is 1. The van der Waals surface area contributed by atoms with Gasteiger partial charge < -0.3 is 19.3 Å². The maximum Gasteiger partial charge on any atom is 0.338 e. The first-order chi connectivity index (χ1) is 15.2. The molecule has 3 aliphatic heterocycles. The Morgan fingerprint density at radius 2 is 1.88 bits per heavy atom. The number of benzene rings is 1. The van der Waals surface area contributed by atoms with Crippen molar-refractivity contribution in [2.45, 2.75) is 45.8 Å². The molecule has 1 atom stereocenters. The number of hydrogen-bond acceptors (Lipinski definition) is 7. The molecule has 1 aromatic carbocycles. The normalized spacial score (nSPS) is 21.2. The highest BCUT2D eigenvalue weighted by molar-refractivity contribution is 8.16. The van der Waals surface area contributed by atoms with Crippen LogP contribution < -0.4 is 0 Å². The minimum Gasteiger partial charge on any atom is -0.456 e. The summed E-state index contributed by atoms with van der Waals surface area (Å²) < 4.78 is 11.1. The Kier molecular flexibility index (Phi) is 6.44. The second kappa shape index (κ2) is 9.11. The van der Waals surface area contributed by atoms with E-state index in [9.17, 15) is 9.59 Å². The Morgan fingerprint density at radius 3 is 2.53 bits per heavy atom. The van der Waals surface area contributed by atoms with Crippen molar-refractivity contribution in [3.05, 3.63) is 58.3 Å². The molecule has 1 fully saturated rings. The van der Waals surface area contributed by atoms with Crippen LogP contribution in [0.25, 0.3) is 0 Å². The first-order valence-electron chi connectivity index (χ1n) is 10.8. The minimum absolute atomic E-state index is 0.0540. The molecule has 0 saturated carbocycles. The van der Waals surface area contributed by atoms with Gasteiger partial charge in [-0.1, -0.05) is 42.1 Å². The predicted octanol–water partition coefficient (Wildman–Crippen LogP) is 3.85. The molecule has 32 heavy (non-hydrogen) atoms. The lowest BCUT2D eigenvalue weighted by Gasteiger charge is -2.37. The van der Waals surface area contributed by atoms with E-state index in [1.807, 2.05) is 73.2 Å². The minimum atomic E-state index is -0.625. The fourth-order valence-electron chi connectivity index (χ4n) is 3.99. The molecule has 1 unspecified atom stereocenters. The van der Waals surface area contributed by atoms with Crippen molar-refractivity contribution < 1.29 is 19.1 Å². The molecule has 170 valence electrons. The van der Waals surface area contributed by atoms with Crippen LogP contribution in [0.5, 0.6) is 0 Å². The van der Waals surface area contributed by atoms with Crippen molar-refractivity contribution >= 4 is 28.8 Å². The number of fused-ring (bicyclic) bond motifs is 1. The lowest BCUT2D eigenvalue weighted by atomic mass is 9.93. The zero-order chi connectivity index (χ0) is 22.9. The molecule has 0 aromatic heterocycles. The molecule has 1 aromatic rings. The fourth-order valence-corrected chi connectivity index (χ4v) is 4.96. The number of thioether (sulfide) groups is 1. The van der Waals surface area contributed by atoms with Gasteiger partial charge in [-0.15, -0.1) is 0 Å². The Morgan fingerprint density at radius 1 is 1.19 bits per heavy atom. The van der Waals surface area contributed by atoms with Crippen molar-refractivity contribution in [1.82, 2.24) is 9.80 Å². The first kappa shape index (κ1) is 22.6. The van der Waals surface area contributed by atoms with Crippen LogP contribution in [-0.2, 0) is 19.1 Å². The SMILES string of the molecule is CC1=C(C(=O)OC(C)(C)C)C(c2ccccc2)N2C(CC(=O)N3CCOCC3)=CSC2=N1. The van der Waals surface area contributed by atoms with Crippen LogP contribution in [0.4, 0.5) is 0 Å². The lowest BCUT2D eigenvalue weighted by Crippen LogP contribution is -2.42. The maximum atomic E-state index is 13.3. The Labute approximate surface area is 193 Å². The molecular formula is C24H29N3O4S.